The lowest BCUT2D eigenvalue weighted by molar-refractivity contribution is -0.384. The van der Waals surface area contributed by atoms with Gasteiger partial charge in [0.05, 0.1) is 4.92 Å². The number of rotatable bonds is 8. The van der Waals surface area contributed by atoms with Crippen LogP contribution in [-0.4, -0.2) is 16.9 Å². The average Bonchev–Trinajstić information content (AvgIpc) is 2.62. The van der Waals surface area contributed by atoms with E-state index in [9.17, 15) is 14.9 Å². The van der Waals surface area contributed by atoms with Crippen molar-refractivity contribution in [1.29, 1.82) is 0 Å². The third-order valence-electron chi connectivity index (χ3n) is 4.18. The molecule has 2 aromatic rings. The molecule has 0 unspecified atom stereocenters. The van der Waals surface area contributed by atoms with Gasteiger partial charge in [0.15, 0.2) is 0 Å². The summed E-state index contributed by atoms with van der Waals surface area (Å²) in [4.78, 5) is 23.7. The van der Waals surface area contributed by atoms with Crippen molar-refractivity contribution in [3.05, 3.63) is 69.8 Å². The molecule has 0 aliphatic rings. The number of benzene rings is 2. The second kappa shape index (κ2) is 9.10. The monoisotopic (exact) mass is 355 g/mol. The van der Waals surface area contributed by atoms with E-state index in [0.29, 0.717) is 0 Å². The third-order valence-corrected chi connectivity index (χ3v) is 4.18. The minimum atomic E-state index is -0.585. The topological polar surface area (TPSA) is 84.3 Å². The maximum atomic E-state index is 12.9. The predicted octanol–water partition coefficient (Wildman–Crippen LogP) is 4.36. The summed E-state index contributed by atoms with van der Waals surface area (Å²) in [7, 11) is 0. The van der Waals surface area contributed by atoms with Crippen LogP contribution in [0.4, 0.5) is 11.4 Å². The van der Waals surface area contributed by atoms with Crippen molar-refractivity contribution in [2.45, 2.75) is 45.7 Å². The van der Waals surface area contributed by atoms with Crippen molar-refractivity contribution < 1.29 is 9.72 Å². The molecule has 1 amide bonds. The molecule has 0 saturated heterocycles. The van der Waals surface area contributed by atoms with Crippen LogP contribution < -0.4 is 10.6 Å². The van der Waals surface area contributed by atoms with Crippen LogP contribution >= 0.6 is 0 Å². The highest BCUT2D eigenvalue weighted by Gasteiger charge is 2.24. The van der Waals surface area contributed by atoms with Crippen molar-refractivity contribution >= 4 is 17.3 Å². The summed E-state index contributed by atoms with van der Waals surface area (Å²) in [5.41, 5.74) is 1.69. The van der Waals surface area contributed by atoms with E-state index >= 15 is 0 Å². The van der Waals surface area contributed by atoms with Crippen LogP contribution in [0.25, 0.3) is 0 Å². The quantitative estimate of drug-likeness (QED) is 0.544. The number of nitrogens with one attached hydrogen (secondary N) is 2. The van der Waals surface area contributed by atoms with Crippen molar-refractivity contribution in [3.8, 4) is 0 Å². The number of nitro benzene ring substituents is 1. The Balaban J connectivity index is 2.28. The Morgan fingerprint density at radius 3 is 2.50 bits per heavy atom. The number of hydrogen-bond donors (Lipinski definition) is 2. The summed E-state index contributed by atoms with van der Waals surface area (Å²) in [5, 5.41) is 17.4. The van der Waals surface area contributed by atoms with Gasteiger partial charge < -0.3 is 5.32 Å². The first-order valence-electron chi connectivity index (χ1n) is 8.79. The van der Waals surface area contributed by atoms with Gasteiger partial charge in [-0.15, -0.1) is 0 Å². The lowest BCUT2D eigenvalue weighted by atomic mass is 10.0. The van der Waals surface area contributed by atoms with E-state index < -0.39 is 11.0 Å². The average molecular weight is 355 g/mol. The number of carbonyl (C=O) groups excluding carboxylic acids is 1. The molecule has 2 N–H and O–H groups in total. The second-order valence-electron chi connectivity index (χ2n) is 6.47. The number of nitrogens with zero attached hydrogens (tertiary/aromatic N) is 1. The van der Waals surface area contributed by atoms with Crippen LogP contribution in [0.3, 0.4) is 0 Å². The fraction of sp³-hybridized carbons (Fsp3) is 0.350. The zero-order valence-corrected chi connectivity index (χ0v) is 15.4. The summed E-state index contributed by atoms with van der Waals surface area (Å²) in [6, 6.07) is 13.7. The molecule has 0 spiro atoms. The molecule has 6 heteroatoms. The van der Waals surface area contributed by atoms with Crippen LogP contribution in [0.15, 0.2) is 48.5 Å². The Labute approximate surface area is 153 Å². The smallest absolute Gasteiger partial charge is 0.293 e. The van der Waals surface area contributed by atoms with Crippen LogP contribution in [0.2, 0.25) is 0 Å². The van der Waals surface area contributed by atoms with Crippen LogP contribution in [-0.2, 0) is 4.79 Å². The van der Waals surface area contributed by atoms with Crippen molar-refractivity contribution in [3.63, 3.8) is 0 Å². The molecule has 0 radical (unpaired) electrons. The summed E-state index contributed by atoms with van der Waals surface area (Å²) in [5.74, 6) is -0.314. The number of amides is 1. The van der Waals surface area contributed by atoms with Crippen LogP contribution in [0, 0.1) is 17.0 Å². The molecule has 26 heavy (non-hydrogen) atoms. The van der Waals surface area contributed by atoms with E-state index in [1.165, 1.54) is 6.07 Å². The van der Waals surface area contributed by atoms with E-state index in [4.69, 9.17) is 0 Å². The van der Waals surface area contributed by atoms with Crippen molar-refractivity contribution in [2.75, 3.05) is 5.32 Å². The van der Waals surface area contributed by atoms with Crippen molar-refractivity contribution in [1.82, 2.24) is 5.32 Å². The number of anilines is 1. The second-order valence-corrected chi connectivity index (χ2v) is 6.47. The van der Waals surface area contributed by atoms with Crippen molar-refractivity contribution in [2.24, 2.45) is 0 Å². The van der Waals surface area contributed by atoms with E-state index in [2.05, 4.69) is 17.6 Å². The van der Waals surface area contributed by atoms with Gasteiger partial charge in [-0.05, 0) is 37.5 Å². The summed E-state index contributed by atoms with van der Waals surface area (Å²) < 4.78 is 0. The number of aryl methyl sites for hydroxylation is 1. The highest BCUT2D eigenvalue weighted by molar-refractivity contribution is 5.97. The van der Waals surface area contributed by atoms with Gasteiger partial charge in [-0.25, -0.2) is 0 Å². The third kappa shape index (κ3) is 5.13. The minimum Gasteiger partial charge on any atom is -0.319 e. The summed E-state index contributed by atoms with van der Waals surface area (Å²) in [6.45, 7) is 5.89. The number of carbonyl (C=O) groups is 1. The zero-order chi connectivity index (χ0) is 19.1. The number of nitro groups is 1. The fourth-order valence-corrected chi connectivity index (χ4v) is 2.87. The molecular weight excluding hydrogens is 330 g/mol. The first kappa shape index (κ1) is 19.6. The van der Waals surface area contributed by atoms with Gasteiger partial charge in [0, 0.05) is 12.1 Å². The van der Waals surface area contributed by atoms with E-state index in [-0.39, 0.29) is 23.3 Å². The minimum absolute atomic E-state index is 0.105. The van der Waals surface area contributed by atoms with Gasteiger partial charge in [0.1, 0.15) is 11.7 Å². The fourth-order valence-electron chi connectivity index (χ4n) is 2.87. The summed E-state index contributed by atoms with van der Waals surface area (Å²) >= 11 is 0. The molecule has 2 atom stereocenters. The van der Waals surface area contributed by atoms with Crippen LogP contribution in [0.1, 0.15) is 43.9 Å². The molecular formula is C20H25N3O3. The molecule has 0 aliphatic heterocycles. The van der Waals surface area contributed by atoms with E-state index in [1.54, 1.807) is 19.1 Å². The molecule has 0 aliphatic carbocycles. The first-order valence-corrected chi connectivity index (χ1v) is 8.79. The zero-order valence-electron chi connectivity index (χ0n) is 15.4. The Morgan fingerprint density at radius 2 is 1.88 bits per heavy atom. The molecule has 6 nitrogen and oxygen atoms in total. The number of hydrogen-bond acceptors (Lipinski definition) is 4. The highest BCUT2D eigenvalue weighted by Crippen LogP contribution is 2.27. The SMILES string of the molecule is CCC[C@@H](C)N[C@H](C(=O)Nc1ccc(C)cc1[N+](=O)[O-])c1ccccc1. The Kier molecular flexibility index (Phi) is 6.86. The molecule has 0 fully saturated rings. The highest BCUT2D eigenvalue weighted by atomic mass is 16.6. The van der Waals surface area contributed by atoms with E-state index in [0.717, 1.165) is 24.0 Å². The largest absolute Gasteiger partial charge is 0.319 e. The normalized spacial score (nSPS) is 13.0. The first-order chi connectivity index (χ1) is 12.4. The van der Waals surface area contributed by atoms with Gasteiger partial charge in [0.2, 0.25) is 5.91 Å². The molecule has 0 bridgehead atoms. The van der Waals surface area contributed by atoms with Gasteiger partial charge >= 0.3 is 0 Å². The standard InChI is InChI=1S/C20H25N3O3/c1-4-8-15(3)21-19(16-9-6-5-7-10-16)20(24)22-17-12-11-14(2)13-18(17)23(25)26/h5-7,9-13,15,19,21H,4,8H2,1-3H3,(H,22,24)/t15-,19+/m1/s1. The Bertz CT molecular complexity index is 762. The Morgan fingerprint density at radius 1 is 1.19 bits per heavy atom. The molecule has 0 saturated carbocycles. The van der Waals surface area contributed by atoms with Gasteiger partial charge in [-0.3, -0.25) is 20.2 Å². The maximum Gasteiger partial charge on any atom is 0.293 e. The summed E-state index contributed by atoms with van der Waals surface area (Å²) in [6.07, 6.45) is 1.93. The molecule has 2 aromatic carbocycles. The van der Waals surface area contributed by atoms with Crippen LogP contribution in [0.5, 0.6) is 0 Å². The van der Waals surface area contributed by atoms with Gasteiger partial charge in [-0.1, -0.05) is 49.7 Å². The predicted molar refractivity (Wildman–Crippen MR) is 103 cm³/mol. The molecule has 0 heterocycles. The molecule has 138 valence electrons. The van der Waals surface area contributed by atoms with E-state index in [1.807, 2.05) is 37.3 Å². The lowest BCUT2D eigenvalue weighted by Crippen LogP contribution is -2.38. The Hall–Kier alpha value is -2.73. The lowest BCUT2D eigenvalue weighted by Gasteiger charge is -2.23. The van der Waals surface area contributed by atoms with Gasteiger partial charge in [0.25, 0.3) is 5.69 Å². The molecule has 2 rings (SSSR count). The van der Waals surface area contributed by atoms with Gasteiger partial charge in [-0.2, -0.15) is 0 Å². The molecule has 0 aromatic heterocycles. The maximum absolute atomic E-state index is 12.9.